The average Bonchev–Trinajstić information content (AvgIpc) is 2.14. The first-order valence-electron chi connectivity index (χ1n) is 4.55. The smallest absolute Gasteiger partial charge is 0.125 e. The number of nitrogens with one attached hydrogen (secondary N) is 1. The van der Waals surface area contributed by atoms with Crippen LogP contribution in [0.4, 0.5) is 10.1 Å². The van der Waals surface area contributed by atoms with Gasteiger partial charge in [0, 0.05) is 5.69 Å². The minimum atomic E-state index is -0.283. The van der Waals surface area contributed by atoms with Crippen LogP contribution in [-0.2, 0) is 0 Å². The molecule has 0 radical (unpaired) electrons. The maximum Gasteiger partial charge on any atom is 0.125 e. The van der Waals surface area contributed by atoms with Gasteiger partial charge >= 0.3 is 0 Å². The molecule has 0 aliphatic heterocycles. The molecule has 0 saturated carbocycles. The second-order valence-electron chi connectivity index (χ2n) is 3.40. The summed E-state index contributed by atoms with van der Waals surface area (Å²) < 4.78 is 12.9. The van der Waals surface area contributed by atoms with Gasteiger partial charge in [0.2, 0.25) is 0 Å². The Bertz CT molecular complexity index is 353. The van der Waals surface area contributed by atoms with Gasteiger partial charge in [0.05, 0.1) is 6.07 Å². The molecule has 0 spiro atoms. The summed E-state index contributed by atoms with van der Waals surface area (Å²) in [5, 5.41) is 11.3. The van der Waals surface area contributed by atoms with Crippen LogP contribution < -0.4 is 5.32 Å². The molecular weight excluding hydrogens is 179 g/mol. The van der Waals surface area contributed by atoms with Gasteiger partial charge in [0.1, 0.15) is 12.4 Å². The van der Waals surface area contributed by atoms with Gasteiger partial charge in [0.25, 0.3) is 0 Å². The highest BCUT2D eigenvalue weighted by Crippen LogP contribution is 2.24. The maximum atomic E-state index is 12.9. The van der Waals surface area contributed by atoms with Gasteiger partial charge in [-0.25, -0.2) is 4.39 Å². The quantitative estimate of drug-likeness (QED) is 0.747. The van der Waals surface area contributed by atoms with E-state index in [4.69, 9.17) is 5.26 Å². The van der Waals surface area contributed by atoms with Gasteiger partial charge < -0.3 is 5.32 Å². The molecule has 1 rings (SSSR count). The number of hydrogen-bond donors (Lipinski definition) is 1. The lowest BCUT2D eigenvalue weighted by Gasteiger charge is -2.12. The Hall–Kier alpha value is -1.56. The Morgan fingerprint density at radius 1 is 1.50 bits per heavy atom. The van der Waals surface area contributed by atoms with Crippen molar-refractivity contribution in [3.63, 3.8) is 0 Å². The van der Waals surface area contributed by atoms with Gasteiger partial charge in [-0.3, -0.25) is 0 Å². The largest absolute Gasteiger partial charge is 0.372 e. The van der Waals surface area contributed by atoms with Crippen molar-refractivity contribution in [3.8, 4) is 6.07 Å². The molecule has 0 fully saturated rings. The van der Waals surface area contributed by atoms with Crippen molar-refractivity contribution in [1.29, 1.82) is 5.26 Å². The number of nitrogens with zero attached hydrogens (tertiary/aromatic N) is 1. The number of anilines is 1. The first-order valence-corrected chi connectivity index (χ1v) is 4.55. The van der Waals surface area contributed by atoms with E-state index in [1.165, 1.54) is 12.1 Å². The highest BCUT2D eigenvalue weighted by atomic mass is 19.1. The van der Waals surface area contributed by atoms with Crippen molar-refractivity contribution in [2.75, 3.05) is 11.9 Å². The average molecular weight is 192 g/mol. The topological polar surface area (TPSA) is 35.8 Å². The predicted molar refractivity (Wildman–Crippen MR) is 54.6 cm³/mol. The zero-order valence-corrected chi connectivity index (χ0v) is 8.34. The van der Waals surface area contributed by atoms with E-state index in [-0.39, 0.29) is 12.4 Å². The normalized spacial score (nSPS) is 9.93. The summed E-state index contributed by atoms with van der Waals surface area (Å²) in [4.78, 5) is 0. The summed E-state index contributed by atoms with van der Waals surface area (Å²) in [6.45, 7) is 4.26. The van der Waals surface area contributed by atoms with Gasteiger partial charge in [-0.1, -0.05) is 19.9 Å². The number of rotatable bonds is 3. The van der Waals surface area contributed by atoms with Crippen LogP contribution in [0.2, 0.25) is 0 Å². The fourth-order valence-electron chi connectivity index (χ4n) is 1.32. The lowest BCUT2D eigenvalue weighted by molar-refractivity contribution is 0.627. The summed E-state index contributed by atoms with van der Waals surface area (Å²) in [6, 6.07) is 6.58. The van der Waals surface area contributed by atoms with Crippen LogP contribution in [0, 0.1) is 17.1 Å². The first-order chi connectivity index (χ1) is 6.65. The Morgan fingerprint density at radius 3 is 2.79 bits per heavy atom. The molecule has 1 N–H and O–H groups in total. The summed E-state index contributed by atoms with van der Waals surface area (Å²) in [7, 11) is 0. The van der Waals surface area contributed by atoms with Gasteiger partial charge in [-0.15, -0.1) is 0 Å². The third-order valence-electron chi connectivity index (χ3n) is 2.00. The Balaban J connectivity index is 2.98. The second kappa shape index (κ2) is 4.61. The summed E-state index contributed by atoms with van der Waals surface area (Å²) in [5.74, 6) is 0.0339. The molecule has 0 unspecified atom stereocenters. The van der Waals surface area contributed by atoms with Crippen LogP contribution in [0.3, 0.4) is 0 Å². The summed E-state index contributed by atoms with van der Waals surface area (Å²) >= 11 is 0. The van der Waals surface area contributed by atoms with E-state index in [0.29, 0.717) is 11.6 Å². The van der Waals surface area contributed by atoms with Crippen LogP contribution in [0.25, 0.3) is 0 Å². The first kappa shape index (κ1) is 10.5. The van der Waals surface area contributed by atoms with Crippen LogP contribution in [0.1, 0.15) is 25.3 Å². The minimum absolute atomic E-state index is 0.198. The molecule has 1 aromatic carbocycles. The fraction of sp³-hybridized carbons (Fsp3) is 0.364. The van der Waals surface area contributed by atoms with E-state index in [2.05, 4.69) is 5.32 Å². The molecule has 3 heteroatoms. The van der Waals surface area contributed by atoms with Crippen LogP contribution in [0.15, 0.2) is 18.2 Å². The highest BCUT2D eigenvalue weighted by molar-refractivity contribution is 5.53. The monoisotopic (exact) mass is 192 g/mol. The van der Waals surface area contributed by atoms with E-state index >= 15 is 0 Å². The van der Waals surface area contributed by atoms with Crippen molar-refractivity contribution in [1.82, 2.24) is 0 Å². The number of benzene rings is 1. The predicted octanol–water partition coefficient (Wildman–Crippen LogP) is 2.88. The molecule has 14 heavy (non-hydrogen) atoms. The zero-order chi connectivity index (χ0) is 10.6. The molecule has 0 heterocycles. The van der Waals surface area contributed by atoms with Crippen LogP contribution >= 0.6 is 0 Å². The molecule has 0 atom stereocenters. The Morgan fingerprint density at radius 2 is 2.21 bits per heavy atom. The van der Waals surface area contributed by atoms with E-state index in [9.17, 15) is 4.39 Å². The van der Waals surface area contributed by atoms with Crippen molar-refractivity contribution in [2.24, 2.45) is 0 Å². The SMILES string of the molecule is CC(C)c1ccc(F)cc1NCC#N. The Kier molecular flexibility index (Phi) is 3.47. The third-order valence-corrected chi connectivity index (χ3v) is 2.00. The number of halogens is 1. The molecule has 2 nitrogen and oxygen atoms in total. The van der Waals surface area contributed by atoms with E-state index in [1.54, 1.807) is 6.07 Å². The van der Waals surface area contributed by atoms with Gasteiger partial charge in [-0.2, -0.15) is 5.26 Å². The van der Waals surface area contributed by atoms with E-state index in [1.807, 2.05) is 19.9 Å². The molecule has 0 aliphatic rings. The van der Waals surface area contributed by atoms with Crippen molar-refractivity contribution >= 4 is 5.69 Å². The van der Waals surface area contributed by atoms with Crippen molar-refractivity contribution in [3.05, 3.63) is 29.6 Å². The van der Waals surface area contributed by atoms with Gasteiger partial charge in [-0.05, 0) is 23.6 Å². The molecular formula is C11H13FN2. The van der Waals surface area contributed by atoms with E-state index < -0.39 is 0 Å². The molecule has 74 valence electrons. The Labute approximate surface area is 83.4 Å². The fourth-order valence-corrected chi connectivity index (χ4v) is 1.32. The van der Waals surface area contributed by atoms with Crippen molar-refractivity contribution in [2.45, 2.75) is 19.8 Å². The van der Waals surface area contributed by atoms with Crippen molar-refractivity contribution < 1.29 is 4.39 Å². The maximum absolute atomic E-state index is 12.9. The third kappa shape index (κ3) is 2.46. The molecule has 0 aromatic heterocycles. The second-order valence-corrected chi connectivity index (χ2v) is 3.40. The standard InChI is InChI=1S/C11H13FN2/c1-8(2)10-4-3-9(12)7-11(10)14-6-5-13/h3-4,7-8,14H,6H2,1-2H3. The molecule has 0 bridgehead atoms. The molecule has 0 aliphatic carbocycles. The number of nitriles is 1. The summed E-state index contributed by atoms with van der Waals surface area (Å²) in [6.07, 6.45) is 0. The number of hydrogen-bond acceptors (Lipinski definition) is 2. The molecule has 1 aromatic rings. The van der Waals surface area contributed by atoms with Gasteiger partial charge in [0.15, 0.2) is 0 Å². The van der Waals surface area contributed by atoms with Crippen LogP contribution in [0.5, 0.6) is 0 Å². The zero-order valence-electron chi connectivity index (χ0n) is 8.34. The van der Waals surface area contributed by atoms with Crippen LogP contribution in [-0.4, -0.2) is 6.54 Å². The lowest BCUT2D eigenvalue weighted by atomic mass is 10.0. The van der Waals surface area contributed by atoms with E-state index in [0.717, 1.165) is 5.56 Å². The minimum Gasteiger partial charge on any atom is -0.372 e. The molecule has 0 saturated heterocycles. The molecule has 0 amide bonds. The highest BCUT2D eigenvalue weighted by Gasteiger charge is 2.06. The summed E-state index contributed by atoms with van der Waals surface area (Å²) in [5.41, 5.74) is 1.74. The lowest BCUT2D eigenvalue weighted by Crippen LogP contribution is -2.03.